The van der Waals surface area contributed by atoms with Gasteiger partial charge in [-0.05, 0) is 73.3 Å². The molecule has 0 unspecified atom stereocenters. The number of rotatable bonds is 13. The minimum Gasteiger partial charge on any atom is -0.493 e. The second kappa shape index (κ2) is 30.1. The van der Waals surface area contributed by atoms with Crippen LogP contribution < -0.4 is 18.9 Å². The van der Waals surface area contributed by atoms with Gasteiger partial charge < -0.3 is 23.8 Å². The Morgan fingerprint density at radius 3 is 1.50 bits per heavy atom. The molecule has 266 valence electrons. The van der Waals surface area contributed by atoms with Gasteiger partial charge in [-0.3, -0.25) is 4.79 Å². The number of carbonyl (C=O) groups is 1. The second-order valence-electron chi connectivity index (χ2n) is 9.98. The highest BCUT2D eigenvalue weighted by Crippen LogP contribution is 2.28. The third-order valence-electron chi connectivity index (χ3n) is 6.73. The van der Waals surface area contributed by atoms with E-state index in [-0.39, 0.29) is 7.43 Å². The van der Waals surface area contributed by atoms with Gasteiger partial charge in [0.25, 0.3) is 0 Å². The molecule has 0 aliphatic carbocycles. The van der Waals surface area contributed by atoms with Crippen LogP contribution in [0.3, 0.4) is 0 Å². The Morgan fingerprint density at radius 2 is 1.04 bits per heavy atom. The van der Waals surface area contributed by atoms with Crippen LogP contribution in [0.4, 0.5) is 0 Å². The van der Waals surface area contributed by atoms with Crippen molar-refractivity contribution >= 4 is 6.29 Å². The predicted octanol–water partition coefficient (Wildman–Crippen LogP) is 10.6. The molecule has 0 saturated carbocycles. The minimum absolute atomic E-state index is 0. The summed E-state index contributed by atoms with van der Waals surface area (Å²) in [6.45, 7) is 12.1. The number of hydrogen-bond acceptors (Lipinski definition) is 6. The molecule has 6 nitrogen and oxygen atoms in total. The van der Waals surface area contributed by atoms with Gasteiger partial charge in [0.15, 0.2) is 23.0 Å². The Bertz CT molecular complexity index is 1310. The summed E-state index contributed by atoms with van der Waals surface area (Å²) in [5.74, 6) is 2.75. The summed E-state index contributed by atoms with van der Waals surface area (Å²) in [7, 11) is 8.55. The maximum Gasteiger partial charge on any atom is 0.161 e. The fourth-order valence-corrected chi connectivity index (χ4v) is 4.29. The van der Waals surface area contributed by atoms with Crippen LogP contribution in [0.15, 0.2) is 97.1 Å². The number of unbranched alkanes of at least 4 members (excludes halogenated alkanes) is 1. The van der Waals surface area contributed by atoms with E-state index in [0.717, 1.165) is 37.3 Å². The van der Waals surface area contributed by atoms with Gasteiger partial charge in [-0.15, -0.1) is 0 Å². The van der Waals surface area contributed by atoms with E-state index in [0.29, 0.717) is 17.1 Å². The van der Waals surface area contributed by atoms with Crippen LogP contribution >= 0.6 is 0 Å². The molecule has 4 aromatic carbocycles. The summed E-state index contributed by atoms with van der Waals surface area (Å²) >= 11 is 0. The minimum atomic E-state index is 0. The monoisotopic (exact) mass is 661 g/mol. The zero-order valence-electron chi connectivity index (χ0n) is 30.5. The summed E-state index contributed by atoms with van der Waals surface area (Å²) in [5, 5.41) is 0. The van der Waals surface area contributed by atoms with Crippen molar-refractivity contribution in [3.05, 3.63) is 119 Å². The molecule has 0 aliphatic heterocycles. The van der Waals surface area contributed by atoms with Crippen molar-refractivity contribution in [2.45, 2.75) is 74.3 Å². The molecular formula is C42H63NO5. The van der Waals surface area contributed by atoms with Crippen molar-refractivity contribution < 1.29 is 23.7 Å². The van der Waals surface area contributed by atoms with Gasteiger partial charge in [-0.1, -0.05) is 115 Å². The van der Waals surface area contributed by atoms with Crippen LogP contribution in [0.2, 0.25) is 0 Å². The van der Waals surface area contributed by atoms with Crippen molar-refractivity contribution in [2.24, 2.45) is 0 Å². The molecule has 0 saturated heterocycles. The summed E-state index contributed by atoms with van der Waals surface area (Å²) in [6.07, 6.45) is 5.66. The SMILES string of the molecule is C.CC.CC.CCCCc1ccccc1.COc1ccc(C=O)cc1OC.COc1ccc(CN(C)CCc2ccccc2)cc1OC. The molecular weight excluding hydrogens is 598 g/mol. The largest absolute Gasteiger partial charge is 0.493 e. The van der Waals surface area contributed by atoms with Crippen LogP contribution in [0.25, 0.3) is 0 Å². The van der Waals surface area contributed by atoms with E-state index < -0.39 is 0 Å². The Hall–Kier alpha value is -4.29. The lowest BCUT2D eigenvalue weighted by Crippen LogP contribution is -2.20. The van der Waals surface area contributed by atoms with Crippen molar-refractivity contribution in [1.82, 2.24) is 4.90 Å². The molecule has 0 N–H and O–H groups in total. The first-order valence-electron chi connectivity index (χ1n) is 16.6. The van der Waals surface area contributed by atoms with Gasteiger partial charge in [-0.2, -0.15) is 0 Å². The summed E-state index contributed by atoms with van der Waals surface area (Å²) in [4.78, 5) is 12.7. The highest BCUT2D eigenvalue weighted by atomic mass is 16.5. The molecule has 0 fully saturated rings. The summed E-state index contributed by atoms with van der Waals surface area (Å²) in [6, 6.07) is 32.3. The third kappa shape index (κ3) is 18.8. The molecule has 0 radical (unpaired) electrons. The fraction of sp³-hybridized carbons (Fsp3) is 0.405. The van der Waals surface area contributed by atoms with E-state index in [1.807, 2.05) is 39.8 Å². The lowest BCUT2D eigenvalue weighted by Gasteiger charge is -2.17. The molecule has 0 heterocycles. The van der Waals surface area contributed by atoms with Gasteiger partial charge in [-0.25, -0.2) is 0 Å². The van der Waals surface area contributed by atoms with Gasteiger partial charge in [0.1, 0.15) is 6.29 Å². The Kier molecular flexibility index (Phi) is 28.7. The van der Waals surface area contributed by atoms with Gasteiger partial charge in [0.05, 0.1) is 28.4 Å². The third-order valence-corrected chi connectivity index (χ3v) is 6.73. The molecule has 0 spiro atoms. The quantitative estimate of drug-likeness (QED) is 0.133. The maximum atomic E-state index is 10.4. The maximum absolute atomic E-state index is 10.4. The Morgan fingerprint density at radius 1 is 0.583 bits per heavy atom. The number of aryl methyl sites for hydroxylation is 1. The summed E-state index contributed by atoms with van der Waals surface area (Å²) < 4.78 is 20.6. The zero-order valence-corrected chi connectivity index (χ0v) is 30.5. The molecule has 0 atom stereocenters. The lowest BCUT2D eigenvalue weighted by molar-refractivity contribution is 0.112. The number of aldehydes is 1. The Balaban J connectivity index is 0. The van der Waals surface area contributed by atoms with E-state index >= 15 is 0 Å². The number of benzene rings is 4. The molecule has 0 amide bonds. The molecule has 0 aliphatic rings. The van der Waals surface area contributed by atoms with Crippen molar-refractivity contribution in [2.75, 3.05) is 42.0 Å². The first-order valence-corrected chi connectivity index (χ1v) is 16.6. The number of likely N-dealkylation sites (N-methyl/N-ethyl adjacent to an activating group) is 1. The number of carbonyl (C=O) groups excluding carboxylic acids is 1. The highest BCUT2D eigenvalue weighted by Gasteiger charge is 2.07. The fourth-order valence-electron chi connectivity index (χ4n) is 4.29. The van der Waals surface area contributed by atoms with Crippen LogP contribution in [0.5, 0.6) is 23.0 Å². The smallest absolute Gasteiger partial charge is 0.161 e. The number of nitrogens with zero attached hydrogens (tertiary/aromatic N) is 1. The van der Waals surface area contributed by atoms with Gasteiger partial charge >= 0.3 is 0 Å². The second-order valence-corrected chi connectivity index (χ2v) is 9.98. The molecule has 48 heavy (non-hydrogen) atoms. The zero-order chi connectivity index (χ0) is 35.3. The molecule has 0 aromatic heterocycles. The predicted molar refractivity (Wildman–Crippen MR) is 205 cm³/mol. The standard InChI is InChI=1S/C18H23NO2.C10H14.C9H10O3.2C2H6.CH4/c1-19(12-11-15-7-5-4-6-8-15)14-16-9-10-17(20-2)18(13-16)21-3;1-2-3-7-10-8-5-4-6-9-10;1-11-8-4-3-7(6-10)5-9(8)12-2;2*1-2;/h4-10,13H,11-12,14H2,1-3H3;4-6,8-9H,2-3,7H2,1H3;3-6H,1-2H3;2*1-2H3;1H4. The van der Waals surface area contributed by atoms with Gasteiger partial charge in [0, 0.05) is 18.7 Å². The first-order chi connectivity index (χ1) is 23.0. The van der Waals surface area contributed by atoms with Crippen LogP contribution in [0.1, 0.15) is 81.9 Å². The normalized spacial score (nSPS) is 9.23. The molecule has 6 heteroatoms. The van der Waals surface area contributed by atoms with E-state index in [1.54, 1.807) is 39.5 Å². The van der Waals surface area contributed by atoms with Crippen LogP contribution in [-0.2, 0) is 19.4 Å². The van der Waals surface area contributed by atoms with Crippen molar-refractivity contribution in [3.8, 4) is 23.0 Å². The average Bonchev–Trinajstić information content (AvgIpc) is 3.15. The van der Waals surface area contributed by atoms with Crippen molar-refractivity contribution in [3.63, 3.8) is 0 Å². The average molecular weight is 662 g/mol. The molecule has 4 rings (SSSR count). The lowest BCUT2D eigenvalue weighted by atomic mass is 10.1. The number of hydrogen-bond donors (Lipinski definition) is 0. The van der Waals surface area contributed by atoms with E-state index in [9.17, 15) is 4.79 Å². The van der Waals surface area contributed by atoms with Crippen LogP contribution in [0, 0.1) is 0 Å². The molecule has 0 bridgehead atoms. The Labute approximate surface area is 293 Å². The number of methoxy groups -OCH3 is 4. The van der Waals surface area contributed by atoms with Crippen molar-refractivity contribution in [1.29, 1.82) is 0 Å². The van der Waals surface area contributed by atoms with Gasteiger partial charge in [0.2, 0.25) is 0 Å². The van der Waals surface area contributed by atoms with E-state index in [1.165, 1.54) is 43.1 Å². The number of ether oxygens (including phenoxy) is 4. The molecule has 4 aromatic rings. The van der Waals surface area contributed by atoms with E-state index in [2.05, 4.69) is 85.6 Å². The summed E-state index contributed by atoms with van der Waals surface area (Å²) in [5.41, 5.74) is 4.64. The van der Waals surface area contributed by atoms with Crippen LogP contribution in [-0.4, -0.2) is 53.2 Å². The highest BCUT2D eigenvalue weighted by molar-refractivity contribution is 5.76. The van der Waals surface area contributed by atoms with E-state index in [4.69, 9.17) is 18.9 Å². The topological polar surface area (TPSA) is 57.2 Å². The first kappa shape index (κ1) is 45.8.